The number of anilines is 1. The molecule has 192 valence electrons. The number of hydrogen-bond donors (Lipinski definition) is 1. The van der Waals surface area contributed by atoms with Gasteiger partial charge in [-0.2, -0.15) is 4.31 Å². The Morgan fingerprint density at radius 2 is 1.62 bits per heavy atom. The van der Waals surface area contributed by atoms with E-state index in [1.807, 2.05) is 47.4 Å². The molecule has 2 aliphatic heterocycles. The number of morpholine rings is 1. The fourth-order valence-electron chi connectivity index (χ4n) is 4.33. The highest BCUT2D eigenvalue weighted by molar-refractivity contribution is 8.00. The molecule has 0 spiro atoms. The van der Waals surface area contributed by atoms with E-state index < -0.39 is 10.0 Å². The summed E-state index contributed by atoms with van der Waals surface area (Å²) in [4.78, 5) is 27.4. The molecule has 3 aromatic rings. The van der Waals surface area contributed by atoms with Crippen LogP contribution in [0.15, 0.2) is 83.8 Å². The van der Waals surface area contributed by atoms with Crippen LogP contribution in [-0.4, -0.2) is 61.5 Å². The predicted octanol–water partition coefficient (Wildman–Crippen LogP) is 3.73. The summed E-state index contributed by atoms with van der Waals surface area (Å²) < 4.78 is 32.2. The van der Waals surface area contributed by atoms with Crippen molar-refractivity contribution in [2.75, 3.05) is 37.4 Å². The summed E-state index contributed by atoms with van der Waals surface area (Å²) in [5, 5.41) is 2.71. The summed E-state index contributed by atoms with van der Waals surface area (Å²) in [6.07, 6.45) is 0. The fraction of sp³-hybridized carbons (Fsp3) is 0.259. The molecule has 2 aliphatic rings. The number of nitrogens with one attached hydrogen (secondary N) is 1. The number of thioether (sulfide) groups is 1. The summed E-state index contributed by atoms with van der Waals surface area (Å²) >= 11 is 1.58. The Balaban J connectivity index is 1.23. The van der Waals surface area contributed by atoms with E-state index in [0.717, 1.165) is 11.1 Å². The van der Waals surface area contributed by atoms with Crippen molar-refractivity contribution >= 4 is 39.3 Å². The van der Waals surface area contributed by atoms with Crippen molar-refractivity contribution in [2.45, 2.75) is 16.8 Å². The van der Waals surface area contributed by atoms with Crippen molar-refractivity contribution in [1.29, 1.82) is 0 Å². The minimum atomic E-state index is -3.59. The van der Waals surface area contributed by atoms with Crippen molar-refractivity contribution in [1.82, 2.24) is 9.21 Å². The lowest BCUT2D eigenvalue weighted by molar-refractivity contribution is -0.128. The second kappa shape index (κ2) is 11.1. The third kappa shape index (κ3) is 5.72. The number of rotatable bonds is 7. The number of ether oxygens (including phenoxy) is 1. The Morgan fingerprint density at radius 3 is 2.30 bits per heavy atom. The maximum atomic E-state index is 12.8. The molecular weight excluding hydrogens is 510 g/mol. The summed E-state index contributed by atoms with van der Waals surface area (Å²) in [6.45, 7) is 1.96. The first-order valence-corrected chi connectivity index (χ1v) is 14.4. The highest BCUT2D eigenvalue weighted by Crippen LogP contribution is 2.39. The molecular formula is C27H27N3O5S2. The highest BCUT2D eigenvalue weighted by atomic mass is 32.2. The highest BCUT2D eigenvalue weighted by Gasteiger charge is 2.33. The monoisotopic (exact) mass is 537 g/mol. The van der Waals surface area contributed by atoms with Gasteiger partial charge in [0.2, 0.25) is 15.9 Å². The first-order chi connectivity index (χ1) is 17.9. The van der Waals surface area contributed by atoms with Gasteiger partial charge in [-0.25, -0.2) is 8.42 Å². The van der Waals surface area contributed by atoms with Gasteiger partial charge in [-0.3, -0.25) is 9.59 Å². The van der Waals surface area contributed by atoms with E-state index in [0.29, 0.717) is 49.9 Å². The van der Waals surface area contributed by atoms with E-state index in [4.69, 9.17) is 4.74 Å². The van der Waals surface area contributed by atoms with Gasteiger partial charge in [0.1, 0.15) is 5.37 Å². The van der Waals surface area contributed by atoms with Crippen LogP contribution in [0.3, 0.4) is 0 Å². The number of amides is 2. The number of benzene rings is 3. The summed E-state index contributed by atoms with van der Waals surface area (Å²) in [5.74, 6) is 0.225. The van der Waals surface area contributed by atoms with Gasteiger partial charge >= 0.3 is 0 Å². The summed E-state index contributed by atoms with van der Waals surface area (Å²) in [5.41, 5.74) is 3.00. The molecule has 0 unspecified atom stereocenters. The van der Waals surface area contributed by atoms with Crippen LogP contribution < -0.4 is 5.32 Å². The molecule has 0 saturated carbocycles. The molecule has 1 atom stereocenters. The van der Waals surface area contributed by atoms with Crippen LogP contribution in [0.2, 0.25) is 0 Å². The average Bonchev–Trinajstić information content (AvgIpc) is 3.29. The van der Waals surface area contributed by atoms with Crippen LogP contribution in [0, 0.1) is 0 Å². The van der Waals surface area contributed by atoms with Crippen LogP contribution in [0.25, 0.3) is 0 Å². The quantitative estimate of drug-likeness (QED) is 0.494. The normalized spacial score (nSPS) is 18.6. The maximum Gasteiger partial charge on any atom is 0.255 e. The molecule has 8 nitrogen and oxygen atoms in total. The molecule has 10 heteroatoms. The SMILES string of the molecule is O=C(Nc1ccc(S(=O)(=O)N2CCOCC2)cc1)c1ccc([C@H]2SCC(=O)N2Cc2ccccc2)cc1. The second-order valence-electron chi connectivity index (χ2n) is 8.79. The Kier molecular flexibility index (Phi) is 7.61. The molecule has 2 fully saturated rings. The Morgan fingerprint density at radius 1 is 0.946 bits per heavy atom. The topological polar surface area (TPSA) is 96.0 Å². The molecule has 0 radical (unpaired) electrons. The molecule has 2 saturated heterocycles. The molecule has 37 heavy (non-hydrogen) atoms. The van der Waals surface area contributed by atoms with Gasteiger partial charge in [0.05, 0.1) is 23.9 Å². The van der Waals surface area contributed by atoms with Crippen molar-refractivity contribution in [2.24, 2.45) is 0 Å². The third-order valence-electron chi connectivity index (χ3n) is 6.34. The number of carbonyl (C=O) groups excluding carboxylic acids is 2. The molecule has 2 heterocycles. The van der Waals surface area contributed by atoms with Crippen LogP contribution in [0.4, 0.5) is 5.69 Å². The van der Waals surface area contributed by atoms with E-state index in [1.54, 1.807) is 36.0 Å². The van der Waals surface area contributed by atoms with E-state index in [2.05, 4.69) is 5.32 Å². The van der Waals surface area contributed by atoms with Gasteiger partial charge in [-0.1, -0.05) is 42.5 Å². The molecule has 0 bridgehead atoms. The van der Waals surface area contributed by atoms with Crippen molar-refractivity contribution in [3.63, 3.8) is 0 Å². The maximum absolute atomic E-state index is 12.8. The summed E-state index contributed by atoms with van der Waals surface area (Å²) in [6, 6.07) is 23.3. The first kappa shape index (κ1) is 25.5. The summed E-state index contributed by atoms with van der Waals surface area (Å²) in [7, 11) is -3.59. The minimum Gasteiger partial charge on any atom is -0.379 e. The second-order valence-corrected chi connectivity index (χ2v) is 11.8. The number of hydrogen-bond acceptors (Lipinski definition) is 6. The van der Waals surface area contributed by atoms with E-state index in [-0.39, 0.29) is 22.1 Å². The van der Waals surface area contributed by atoms with Crippen LogP contribution >= 0.6 is 11.8 Å². The smallest absolute Gasteiger partial charge is 0.255 e. The third-order valence-corrected chi connectivity index (χ3v) is 9.51. The lowest BCUT2D eigenvalue weighted by Gasteiger charge is -2.26. The zero-order valence-electron chi connectivity index (χ0n) is 20.1. The van der Waals surface area contributed by atoms with Crippen molar-refractivity contribution in [3.8, 4) is 0 Å². The van der Waals surface area contributed by atoms with E-state index in [1.165, 1.54) is 16.4 Å². The lowest BCUT2D eigenvalue weighted by Crippen LogP contribution is -2.40. The Hall–Kier alpha value is -3.18. The average molecular weight is 538 g/mol. The molecule has 0 aliphatic carbocycles. The zero-order valence-corrected chi connectivity index (χ0v) is 21.7. The van der Waals surface area contributed by atoms with Crippen LogP contribution in [-0.2, 0) is 26.1 Å². The van der Waals surface area contributed by atoms with Gasteiger partial charge in [0.15, 0.2) is 0 Å². The Bertz CT molecular complexity index is 1360. The number of carbonyl (C=O) groups is 2. The first-order valence-electron chi connectivity index (χ1n) is 12.0. The lowest BCUT2D eigenvalue weighted by atomic mass is 10.1. The largest absolute Gasteiger partial charge is 0.379 e. The fourth-order valence-corrected chi connectivity index (χ4v) is 6.93. The van der Waals surface area contributed by atoms with E-state index >= 15 is 0 Å². The van der Waals surface area contributed by atoms with Crippen LogP contribution in [0.1, 0.15) is 26.9 Å². The minimum absolute atomic E-state index is 0.0970. The van der Waals surface area contributed by atoms with Gasteiger partial charge in [0.25, 0.3) is 5.91 Å². The molecule has 5 rings (SSSR count). The van der Waals surface area contributed by atoms with Crippen LogP contribution in [0.5, 0.6) is 0 Å². The van der Waals surface area contributed by atoms with Gasteiger partial charge in [-0.05, 0) is 47.5 Å². The molecule has 2 amide bonds. The van der Waals surface area contributed by atoms with Crippen molar-refractivity contribution < 1.29 is 22.7 Å². The standard InChI is InChI=1S/C27H27N3O5S2/c31-25-19-36-27(30(25)18-20-4-2-1-3-5-20)22-8-6-21(7-9-22)26(32)28-23-10-12-24(13-11-23)37(33,34)29-14-16-35-17-15-29/h1-13,27H,14-19H2,(H,28,32)/t27-/m1/s1. The van der Waals surface area contributed by atoms with Gasteiger partial charge < -0.3 is 15.0 Å². The predicted molar refractivity (Wildman–Crippen MR) is 143 cm³/mol. The molecule has 3 aromatic carbocycles. The molecule has 1 N–H and O–H groups in total. The number of nitrogens with zero attached hydrogens (tertiary/aromatic N) is 2. The number of sulfonamides is 1. The molecule has 0 aromatic heterocycles. The zero-order chi connectivity index (χ0) is 25.8. The Labute approximate surface area is 220 Å². The van der Waals surface area contributed by atoms with E-state index in [9.17, 15) is 18.0 Å². The van der Waals surface area contributed by atoms with Crippen molar-refractivity contribution in [3.05, 3.63) is 95.6 Å². The van der Waals surface area contributed by atoms with Gasteiger partial charge in [-0.15, -0.1) is 11.8 Å². The van der Waals surface area contributed by atoms with Gasteiger partial charge in [0, 0.05) is 30.9 Å².